The number of nitrogens with two attached hydrogens (primary N) is 3. The van der Waals surface area contributed by atoms with Crippen LogP contribution in [0.25, 0.3) is 0 Å². The zero-order valence-electron chi connectivity index (χ0n) is 38.7. The standard InChI is InChI=1S/C40H65N13O17/c1-19(2)15-24(52-33(63)20(41)7-10-30(57)58)35(65)49-21(8-11-31(59)60)34(64)50-22(5-3-13-45-40(43)44)38(68)53-14-4-6-26(53)37(67)47-17-28(55)46-18-29(56)48-25(16-27(42)54)36(66)51-23(39(69)70)9-12-32(61)62/h19-26H,3-18,41H2,1-2H3,(H2,42,54)(H,46,55)(H,47,67)(H,48,56)(H,49,65)(H,50,64)(H,51,66)(H,52,63)(H,57,58)(H,59,60)(H,61,62)(H,69,70)(H4,43,44,45)/t20-,21-,22-,23-,24-,25-,26-/m0/s1. The number of likely N-dealkylation sites (tertiary alicyclic amines) is 1. The molecule has 1 fully saturated rings. The van der Waals surface area contributed by atoms with Crippen molar-refractivity contribution < 1.29 is 82.8 Å². The zero-order valence-corrected chi connectivity index (χ0v) is 38.7. The predicted octanol–water partition coefficient (Wildman–Crippen LogP) is -6.18. The molecule has 9 amide bonds. The number of hydrogen-bond acceptors (Lipinski definition) is 15. The lowest BCUT2D eigenvalue weighted by molar-refractivity contribution is -0.143. The Hall–Kier alpha value is -7.66. The first-order chi connectivity index (χ1) is 32.7. The van der Waals surface area contributed by atoms with Gasteiger partial charge in [0.2, 0.25) is 53.2 Å². The molecule has 0 bridgehead atoms. The van der Waals surface area contributed by atoms with Crippen LogP contribution in [0.3, 0.4) is 0 Å². The number of guanidine groups is 1. The summed E-state index contributed by atoms with van der Waals surface area (Å²) < 4.78 is 0. The van der Waals surface area contributed by atoms with E-state index >= 15 is 0 Å². The summed E-state index contributed by atoms with van der Waals surface area (Å²) in [7, 11) is 0. The van der Waals surface area contributed by atoms with Crippen molar-refractivity contribution in [1.29, 1.82) is 5.41 Å². The van der Waals surface area contributed by atoms with E-state index in [2.05, 4.69) is 37.2 Å². The summed E-state index contributed by atoms with van der Waals surface area (Å²) in [5.74, 6) is -14.8. The summed E-state index contributed by atoms with van der Waals surface area (Å²) >= 11 is 0. The summed E-state index contributed by atoms with van der Waals surface area (Å²) in [6.07, 6.45) is -3.38. The molecule has 0 radical (unpaired) electrons. The first-order valence-corrected chi connectivity index (χ1v) is 22.1. The topological polar surface area (TPSA) is 504 Å². The van der Waals surface area contributed by atoms with Crippen molar-refractivity contribution in [2.24, 2.45) is 23.1 Å². The van der Waals surface area contributed by atoms with Gasteiger partial charge in [-0.05, 0) is 57.3 Å². The van der Waals surface area contributed by atoms with Crippen LogP contribution in [0.5, 0.6) is 0 Å². The molecule has 0 aromatic rings. The monoisotopic (exact) mass is 999 g/mol. The SMILES string of the molecule is CC(C)C[C@H](NC(=O)[C@@H](N)CCC(=O)O)C(=O)N[C@@H](CCC(=O)O)C(=O)N[C@@H](CCCNC(=N)N)C(=O)N1CCC[C@H]1C(=O)NCC(=O)NCC(=O)N[C@@H](CC(N)=O)C(=O)N[C@@H](CCC(=O)O)C(=O)O. The fraction of sp³-hybridized carbons (Fsp3) is 0.650. The number of amides is 9. The van der Waals surface area contributed by atoms with Gasteiger partial charge in [-0.1, -0.05) is 13.8 Å². The van der Waals surface area contributed by atoms with Gasteiger partial charge in [0, 0.05) is 32.4 Å². The lowest BCUT2D eigenvalue weighted by atomic mass is 10.0. The molecule has 30 heteroatoms. The minimum atomic E-state index is -1.72. The molecule has 0 aromatic carbocycles. The average Bonchev–Trinajstić information content (AvgIpc) is 3.76. The van der Waals surface area contributed by atoms with Gasteiger partial charge >= 0.3 is 23.9 Å². The quantitative estimate of drug-likeness (QED) is 0.0165. The second-order valence-electron chi connectivity index (χ2n) is 16.6. The number of carboxylic acid groups (broad SMARTS) is 4. The van der Waals surface area contributed by atoms with Gasteiger partial charge in [0.05, 0.1) is 25.6 Å². The Morgan fingerprint density at radius 1 is 0.614 bits per heavy atom. The smallest absolute Gasteiger partial charge is 0.326 e. The number of carboxylic acids is 4. The van der Waals surface area contributed by atoms with Gasteiger partial charge in [-0.15, -0.1) is 0 Å². The molecule has 70 heavy (non-hydrogen) atoms. The molecule has 1 aliphatic heterocycles. The van der Waals surface area contributed by atoms with E-state index in [0.717, 1.165) is 4.90 Å². The average molecular weight is 1000 g/mol. The summed E-state index contributed by atoms with van der Waals surface area (Å²) in [5, 5.41) is 62.6. The minimum absolute atomic E-state index is 0.00146. The Bertz CT molecular complexity index is 1950. The molecule has 1 rings (SSSR count). The maximum Gasteiger partial charge on any atom is 0.326 e. The molecular formula is C40H65N13O17. The Labute approximate surface area is 400 Å². The van der Waals surface area contributed by atoms with Crippen LogP contribution in [-0.4, -0.2) is 177 Å². The van der Waals surface area contributed by atoms with Crippen LogP contribution in [0.1, 0.15) is 90.9 Å². The highest BCUT2D eigenvalue weighted by atomic mass is 16.4. The van der Waals surface area contributed by atoms with E-state index in [-0.39, 0.29) is 57.5 Å². The molecule has 0 aliphatic carbocycles. The fourth-order valence-corrected chi connectivity index (χ4v) is 6.74. The summed E-state index contributed by atoms with van der Waals surface area (Å²) in [4.78, 5) is 164. The first kappa shape index (κ1) is 60.4. The van der Waals surface area contributed by atoms with Crippen molar-refractivity contribution in [3.05, 3.63) is 0 Å². The van der Waals surface area contributed by atoms with E-state index in [0.29, 0.717) is 0 Å². The van der Waals surface area contributed by atoms with Crippen LogP contribution in [0.4, 0.5) is 0 Å². The van der Waals surface area contributed by atoms with Crippen molar-refractivity contribution >= 4 is 83.0 Å². The van der Waals surface area contributed by atoms with Gasteiger partial charge in [0.15, 0.2) is 5.96 Å². The zero-order chi connectivity index (χ0) is 53.2. The highest BCUT2D eigenvalue weighted by molar-refractivity contribution is 5.98. The summed E-state index contributed by atoms with van der Waals surface area (Å²) in [5.41, 5.74) is 16.3. The van der Waals surface area contributed by atoms with Crippen LogP contribution in [0, 0.1) is 11.3 Å². The Morgan fingerprint density at radius 2 is 1.13 bits per heavy atom. The number of primary amides is 1. The minimum Gasteiger partial charge on any atom is -0.481 e. The molecule has 392 valence electrons. The molecule has 1 aliphatic rings. The highest BCUT2D eigenvalue weighted by Crippen LogP contribution is 2.20. The van der Waals surface area contributed by atoms with Crippen molar-refractivity contribution in [2.45, 2.75) is 133 Å². The summed E-state index contributed by atoms with van der Waals surface area (Å²) in [6, 6.07) is -10.2. The van der Waals surface area contributed by atoms with E-state index in [9.17, 15) is 72.5 Å². The number of nitrogens with zero attached hydrogens (tertiary/aromatic N) is 1. The van der Waals surface area contributed by atoms with E-state index in [4.69, 9.17) is 32.8 Å². The van der Waals surface area contributed by atoms with Gasteiger partial charge < -0.3 is 85.1 Å². The Kier molecular flexibility index (Phi) is 26.4. The highest BCUT2D eigenvalue weighted by Gasteiger charge is 2.39. The van der Waals surface area contributed by atoms with Crippen molar-refractivity contribution in [3.8, 4) is 0 Å². The molecule has 0 saturated carbocycles. The van der Waals surface area contributed by atoms with Gasteiger partial charge in [-0.2, -0.15) is 0 Å². The van der Waals surface area contributed by atoms with E-state index in [1.807, 2.05) is 5.32 Å². The van der Waals surface area contributed by atoms with Crippen LogP contribution in [-0.2, 0) is 62.3 Å². The van der Waals surface area contributed by atoms with Crippen molar-refractivity contribution in [2.75, 3.05) is 26.2 Å². The number of carbonyl (C=O) groups is 13. The molecule has 19 N–H and O–H groups in total. The predicted molar refractivity (Wildman–Crippen MR) is 239 cm³/mol. The molecule has 0 unspecified atom stereocenters. The second-order valence-corrected chi connectivity index (χ2v) is 16.6. The van der Waals surface area contributed by atoms with E-state index in [1.54, 1.807) is 13.8 Å². The summed E-state index contributed by atoms with van der Waals surface area (Å²) in [6.45, 7) is 1.93. The maximum atomic E-state index is 14.1. The van der Waals surface area contributed by atoms with E-state index < -0.39 is 177 Å². The third-order valence-electron chi connectivity index (χ3n) is 10.3. The van der Waals surface area contributed by atoms with Gasteiger partial charge in [0.25, 0.3) is 0 Å². The normalized spacial score (nSPS) is 15.5. The molecular weight excluding hydrogens is 935 g/mol. The number of nitrogens with one attached hydrogen (secondary N) is 9. The fourth-order valence-electron chi connectivity index (χ4n) is 6.74. The third kappa shape index (κ3) is 23.9. The molecule has 0 aromatic heterocycles. The second kappa shape index (κ2) is 30.7. The first-order valence-electron chi connectivity index (χ1n) is 22.1. The lowest BCUT2D eigenvalue weighted by Crippen LogP contribution is -2.59. The van der Waals surface area contributed by atoms with Gasteiger partial charge in [-0.3, -0.25) is 62.9 Å². The number of aliphatic carboxylic acids is 4. The van der Waals surface area contributed by atoms with E-state index in [1.165, 1.54) is 0 Å². The largest absolute Gasteiger partial charge is 0.481 e. The molecule has 0 spiro atoms. The Morgan fingerprint density at radius 3 is 1.69 bits per heavy atom. The number of rotatable bonds is 33. The Balaban J connectivity index is 3.15. The third-order valence-corrected chi connectivity index (χ3v) is 10.3. The van der Waals surface area contributed by atoms with Gasteiger partial charge in [0.1, 0.15) is 36.3 Å². The molecule has 1 saturated heterocycles. The van der Waals surface area contributed by atoms with Crippen LogP contribution in [0.15, 0.2) is 0 Å². The van der Waals surface area contributed by atoms with Crippen LogP contribution in [0.2, 0.25) is 0 Å². The number of hydrogen-bond donors (Lipinski definition) is 16. The maximum absolute atomic E-state index is 14.1. The van der Waals surface area contributed by atoms with Crippen LogP contribution >= 0.6 is 0 Å². The molecule has 1 heterocycles. The molecule has 30 nitrogen and oxygen atoms in total. The van der Waals surface area contributed by atoms with Crippen LogP contribution < -0.4 is 59.7 Å². The molecule has 7 atom stereocenters. The van der Waals surface area contributed by atoms with Gasteiger partial charge in [-0.25, -0.2) is 4.79 Å². The van der Waals surface area contributed by atoms with Crippen molar-refractivity contribution in [3.63, 3.8) is 0 Å². The van der Waals surface area contributed by atoms with Crippen molar-refractivity contribution in [1.82, 2.24) is 47.4 Å². The number of carbonyl (C=O) groups excluding carboxylic acids is 9. The lowest BCUT2D eigenvalue weighted by Gasteiger charge is -2.30.